The summed E-state index contributed by atoms with van der Waals surface area (Å²) in [5.41, 5.74) is 0.684. The monoisotopic (exact) mass is 340 g/mol. The molecule has 0 saturated heterocycles. The van der Waals surface area contributed by atoms with Crippen LogP contribution in [-0.4, -0.2) is 24.9 Å². The number of hydrogen-bond acceptors (Lipinski definition) is 3. The third kappa shape index (κ3) is 5.64. The lowest BCUT2D eigenvalue weighted by Gasteiger charge is -2.24. The van der Waals surface area contributed by atoms with Crippen molar-refractivity contribution in [1.29, 1.82) is 0 Å². The number of para-hydroxylation sites is 3. The number of carbonyl (C=O) groups excluding carboxylic acids is 2. The number of benzene rings is 2. The third-order valence-corrected chi connectivity index (χ3v) is 3.64. The van der Waals surface area contributed by atoms with Crippen molar-refractivity contribution >= 4 is 17.5 Å². The summed E-state index contributed by atoms with van der Waals surface area (Å²) in [7, 11) is 0. The molecule has 0 aromatic heterocycles. The average molecular weight is 340 g/mol. The van der Waals surface area contributed by atoms with E-state index in [1.165, 1.54) is 6.92 Å². The Kier molecular flexibility index (Phi) is 7.01. The van der Waals surface area contributed by atoms with Gasteiger partial charge in [-0.1, -0.05) is 37.3 Å². The Morgan fingerprint density at radius 1 is 1.04 bits per heavy atom. The average Bonchev–Trinajstić information content (AvgIpc) is 2.60. The molecule has 2 amide bonds. The van der Waals surface area contributed by atoms with E-state index in [4.69, 9.17) is 4.74 Å². The van der Waals surface area contributed by atoms with Crippen molar-refractivity contribution in [2.75, 3.05) is 18.0 Å². The van der Waals surface area contributed by atoms with Gasteiger partial charge in [0, 0.05) is 26.4 Å². The van der Waals surface area contributed by atoms with E-state index in [9.17, 15) is 9.59 Å². The van der Waals surface area contributed by atoms with Gasteiger partial charge in [-0.2, -0.15) is 0 Å². The molecule has 0 radical (unpaired) electrons. The van der Waals surface area contributed by atoms with Gasteiger partial charge in [0.2, 0.25) is 11.8 Å². The fraction of sp³-hybridized carbons (Fsp3) is 0.300. The predicted molar refractivity (Wildman–Crippen MR) is 98.9 cm³/mol. The summed E-state index contributed by atoms with van der Waals surface area (Å²) in [6, 6.07) is 16.8. The Morgan fingerprint density at radius 2 is 1.72 bits per heavy atom. The molecule has 0 atom stereocenters. The number of hydrogen-bond donors (Lipinski definition) is 1. The fourth-order valence-corrected chi connectivity index (χ4v) is 2.45. The van der Waals surface area contributed by atoms with E-state index in [2.05, 4.69) is 5.32 Å². The molecule has 25 heavy (non-hydrogen) atoms. The van der Waals surface area contributed by atoms with Gasteiger partial charge < -0.3 is 15.0 Å². The molecule has 0 unspecified atom stereocenters. The fourth-order valence-electron chi connectivity index (χ4n) is 2.45. The van der Waals surface area contributed by atoms with E-state index in [1.54, 1.807) is 4.90 Å². The van der Waals surface area contributed by atoms with Crippen molar-refractivity contribution in [3.05, 3.63) is 54.6 Å². The van der Waals surface area contributed by atoms with E-state index < -0.39 is 0 Å². The molecule has 0 spiro atoms. The lowest BCUT2D eigenvalue weighted by Crippen LogP contribution is -2.37. The molecule has 0 bridgehead atoms. The number of rotatable bonds is 8. The van der Waals surface area contributed by atoms with Gasteiger partial charge in [-0.15, -0.1) is 0 Å². The smallest absolute Gasteiger partial charge is 0.224 e. The molecule has 2 aromatic rings. The molecule has 5 nitrogen and oxygen atoms in total. The van der Waals surface area contributed by atoms with Crippen molar-refractivity contribution in [1.82, 2.24) is 5.32 Å². The summed E-state index contributed by atoms with van der Waals surface area (Å²) in [4.78, 5) is 25.3. The van der Waals surface area contributed by atoms with Crippen LogP contribution in [0.5, 0.6) is 11.5 Å². The van der Waals surface area contributed by atoms with Crippen LogP contribution in [0.25, 0.3) is 0 Å². The number of nitrogens with zero attached hydrogens (tertiary/aromatic N) is 1. The van der Waals surface area contributed by atoms with Crippen molar-refractivity contribution in [3.8, 4) is 11.5 Å². The van der Waals surface area contributed by atoms with E-state index >= 15 is 0 Å². The van der Waals surface area contributed by atoms with E-state index in [1.807, 2.05) is 61.5 Å². The van der Waals surface area contributed by atoms with Crippen LogP contribution in [0.15, 0.2) is 54.6 Å². The SMILES string of the molecule is CCCC(=O)NCCN(C(C)=O)c1ccccc1Oc1ccccc1. The van der Waals surface area contributed by atoms with Gasteiger partial charge in [-0.25, -0.2) is 0 Å². The van der Waals surface area contributed by atoms with E-state index in [0.717, 1.165) is 6.42 Å². The molecule has 0 saturated carbocycles. The molecule has 2 rings (SSSR count). The van der Waals surface area contributed by atoms with Gasteiger partial charge in [-0.3, -0.25) is 9.59 Å². The Hall–Kier alpha value is -2.82. The summed E-state index contributed by atoms with van der Waals surface area (Å²) in [6.07, 6.45) is 1.30. The molecule has 2 aromatic carbocycles. The number of anilines is 1. The van der Waals surface area contributed by atoms with Gasteiger partial charge in [0.25, 0.3) is 0 Å². The topological polar surface area (TPSA) is 58.6 Å². The van der Waals surface area contributed by atoms with Gasteiger partial charge in [-0.05, 0) is 30.7 Å². The summed E-state index contributed by atoms with van der Waals surface area (Å²) < 4.78 is 5.93. The van der Waals surface area contributed by atoms with Gasteiger partial charge in [0.15, 0.2) is 5.75 Å². The Morgan fingerprint density at radius 3 is 2.40 bits per heavy atom. The Bertz CT molecular complexity index is 701. The zero-order chi connectivity index (χ0) is 18.1. The summed E-state index contributed by atoms with van der Waals surface area (Å²) in [5, 5.41) is 2.83. The molecular formula is C20H24N2O3. The zero-order valence-electron chi connectivity index (χ0n) is 14.7. The molecule has 132 valence electrons. The highest BCUT2D eigenvalue weighted by Crippen LogP contribution is 2.32. The Balaban J connectivity index is 2.12. The lowest BCUT2D eigenvalue weighted by molar-refractivity contribution is -0.121. The minimum Gasteiger partial charge on any atom is -0.455 e. The molecule has 1 N–H and O–H groups in total. The van der Waals surface area contributed by atoms with Crippen LogP contribution in [0.4, 0.5) is 5.69 Å². The number of carbonyl (C=O) groups is 2. The highest BCUT2D eigenvalue weighted by Gasteiger charge is 2.16. The number of ether oxygens (including phenoxy) is 1. The second-order valence-electron chi connectivity index (χ2n) is 5.65. The van der Waals surface area contributed by atoms with Crippen LogP contribution >= 0.6 is 0 Å². The predicted octanol–water partition coefficient (Wildman–Crippen LogP) is 3.75. The van der Waals surface area contributed by atoms with Crippen molar-refractivity contribution in [3.63, 3.8) is 0 Å². The maximum Gasteiger partial charge on any atom is 0.224 e. The third-order valence-electron chi connectivity index (χ3n) is 3.64. The molecular weight excluding hydrogens is 316 g/mol. The molecule has 0 aliphatic rings. The van der Waals surface area contributed by atoms with Crippen LogP contribution in [-0.2, 0) is 9.59 Å². The van der Waals surface area contributed by atoms with Gasteiger partial charge in [0.1, 0.15) is 5.75 Å². The largest absolute Gasteiger partial charge is 0.455 e. The maximum atomic E-state index is 12.1. The second-order valence-corrected chi connectivity index (χ2v) is 5.65. The van der Waals surface area contributed by atoms with Gasteiger partial charge >= 0.3 is 0 Å². The first-order valence-corrected chi connectivity index (χ1v) is 8.48. The van der Waals surface area contributed by atoms with Crippen LogP contribution in [0, 0.1) is 0 Å². The van der Waals surface area contributed by atoms with E-state index in [0.29, 0.717) is 36.7 Å². The number of amides is 2. The highest BCUT2D eigenvalue weighted by molar-refractivity contribution is 5.93. The van der Waals surface area contributed by atoms with Crippen LogP contribution in [0.2, 0.25) is 0 Å². The van der Waals surface area contributed by atoms with Crippen molar-refractivity contribution < 1.29 is 14.3 Å². The van der Waals surface area contributed by atoms with Crippen LogP contribution in [0.3, 0.4) is 0 Å². The number of nitrogens with one attached hydrogen (secondary N) is 1. The summed E-state index contributed by atoms with van der Waals surface area (Å²) in [6.45, 7) is 4.25. The van der Waals surface area contributed by atoms with Crippen molar-refractivity contribution in [2.24, 2.45) is 0 Å². The van der Waals surface area contributed by atoms with Crippen molar-refractivity contribution in [2.45, 2.75) is 26.7 Å². The first kappa shape index (κ1) is 18.5. The highest BCUT2D eigenvalue weighted by atomic mass is 16.5. The lowest BCUT2D eigenvalue weighted by atomic mass is 10.2. The minimum absolute atomic E-state index is 0.000164. The van der Waals surface area contributed by atoms with E-state index in [-0.39, 0.29) is 11.8 Å². The standard InChI is InChI=1S/C20H24N2O3/c1-3-9-20(24)21-14-15-22(16(2)23)18-12-7-8-13-19(18)25-17-10-5-4-6-11-17/h4-8,10-13H,3,9,14-15H2,1-2H3,(H,21,24). The van der Waals surface area contributed by atoms with Crippen LogP contribution in [0.1, 0.15) is 26.7 Å². The summed E-state index contributed by atoms with van der Waals surface area (Å²) in [5.74, 6) is 1.20. The first-order chi connectivity index (χ1) is 12.1. The molecule has 0 aliphatic heterocycles. The normalized spacial score (nSPS) is 10.2. The minimum atomic E-state index is -0.103. The summed E-state index contributed by atoms with van der Waals surface area (Å²) >= 11 is 0. The zero-order valence-corrected chi connectivity index (χ0v) is 14.7. The molecule has 0 aliphatic carbocycles. The molecule has 5 heteroatoms. The maximum absolute atomic E-state index is 12.1. The molecule has 0 fully saturated rings. The quantitative estimate of drug-likeness (QED) is 0.796. The first-order valence-electron chi connectivity index (χ1n) is 8.48. The molecule has 0 heterocycles. The second kappa shape index (κ2) is 9.47. The Labute approximate surface area is 148 Å². The van der Waals surface area contributed by atoms with Gasteiger partial charge in [0.05, 0.1) is 5.69 Å². The van der Waals surface area contributed by atoms with Crippen LogP contribution < -0.4 is 15.0 Å².